The smallest absolute Gasteiger partial charge is 0.333 e. The van der Waals surface area contributed by atoms with Gasteiger partial charge in [-0.2, -0.15) is 5.10 Å². The van der Waals surface area contributed by atoms with Gasteiger partial charge in [-0.25, -0.2) is 27.6 Å². The highest BCUT2D eigenvalue weighted by molar-refractivity contribution is 7.90. The number of urea groups is 1. The van der Waals surface area contributed by atoms with Crippen molar-refractivity contribution in [1.82, 2.24) is 19.5 Å². The van der Waals surface area contributed by atoms with Crippen LogP contribution in [0.5, 0.6) is 5.88 Å². The number of carbonyl (C=O) groups excluding carboxylic acids is 1. The Balaban J connectivity index is 1.88. The van der Waals surface area contributed by atoms with Crippen molar-refractivity contribution in [3.63, 3.8) is 0 Å². The lowest BCUT2D eigenvalue weighted by Gasteiger charge is -2.20. The number of aromatic nitrogens is 3. The fraction of sp³-hybridized carbons (Fsp3) is 0.500. The van der Waals surface area contributed by atoms with E-state index in [2.05, 4.69) is 15.4 Å². The molecule has 0 radical (unpaired) electrons. The minimum atomic E-state index is -4.17. The maximum Gasteiger partial charge on any atom is 0.333 e. The Labute approximate surface area is 174 Å². The number of nitrogens with zero attached hydrogens (tertiary/aromatic N) is 3. The maximum absolute atomic E-state index is 12.7. The first-order chi connectivity index (χ1) is 13.6. The van der Waals surface area contributed by atoms with E-state index >= 15 is 0 Å². The lowest BCUT2D eigenvalue weighted by molar-refractivity contribution is 0.224. The number of rotatable bonds is 5. The number of nitrogens with one attached hydrogen (secondary N) is 2. The number of halogens is 1. The van der Waals surface area contributed by atoms with E-state index in [1.807, 2.05) is 32.4 Å². The standard InChI is InChI=1S/C18H24ClN5O4S/c1-10(2)12-8-14(19)21-15(11(3)4)16(12)22-18(25)23-29(26,27)13-9-20-24-6-5-7-28-17(13)24/h8-11H,5-7H2,1-4H3,(H2,22,23,25). The lowest BCUT2D eigenvalue weighted by Crippen LogP contribution is -2.35. The van der Waals surface area contributed by atoms with Gasteiger partial charge in [0.1, 0.15) is 5.15 Å². The van der Waals surface area contributed by atoms with Gasteiger partial charge in [0.25, 0.3) is 10.0 Å². The second kappa shape index (κ2) is 8.19. The van der Waals surface area contributed by atoms with Crippen molar-refractivity contribution in [3.05, 3.63) is 28.7 Å². The molecule has 0 aromatic carbocycles. The molecule has 158 valence electrons. The van der Waals surface area contributed by atoms with Crippen molar-refractivity contribution in [2.24, 2.45) is 0 Å². The van der Waals surface area contributed by atoms with Crippen molar-refractivity contribution in [1.29, 1.82) is 0 Å². The third-order valence-electron chi connectivity index (χ3n) is 4.48. The van der Waals surface area contributed by atoms with E-state index < -0.39 is 16.1 Å². The Hall–Kier alpha value is -2.33. The summed E-state index contributed by atoms with van der Waals surface area (Å²) < 4.78 is 34.3. The summed E-state index contributed by atoms with van der Waals surface area (Å²) in [6.45, 7) is 8.69. The molecule has 0 saturated heterocycles. The van der Waals surface area contributed by atoms with Crippen LogP contribution in [0.3, 0.4) is 0 Å². The highest BCUT2D eigenvalue weighted by Crippen LogP contribution is 2.33. The molecule has 11 heteroatoms. The average Bonchev–Trinajstić information content (AvgIpc) is 3.07. The molecule has 1 aliphatic heterocycles. The fourth-order valence-electron chi connectivity index (χ4n) is 3.11. The first-order valence-corrected chi connectivity index (χ1v) is 11.2. The number of amides is 2. The van der Waals surface area contributed by atoms with Crippen LogP contribution in [-0.2, 0) is 16.6 Å². The monoisotopic (exact) mass is 441 g/mol. The van der Waals surface area contributed by atoms with E-state index in [1.54, 1.807) is 6.07 Å². The molecule has 2 amide bonds. The Morgan fingerprint density at radius 2 is 2.00 bits per heavy atom. The number of ether oxygens (including phenoxy) is 1. The molecule has 0 bridgehead atoms. The van der Waals surface area contributed by atoms with Crippen LogP contribution in [0, 0.1) is 0 Å². The van der Waals surface area contributed by atoms with Crippen LogP contribution in [-0.4, -0.2) is 35.8 Å². The summed E-state index contributed by atoms with van der Waals surface area (Å²) in [7, 11) is -4.17. The van der Waals surface area contributed by atoms with Crippen LogP contribution in [0.1, 0.15) is 57.2 Å². The van der Waals surface area contributed by atoms with E-state index in [0.717, 1.165) is 12.0 Å². The van der Waals surface area contributed by atoms with Gasteiger partial charge in [0.2, 0.25) is 5.88 Å². The van der Waals surface area contributed by atoms with Crippen LogP contribution < -0.4 is 14.8 Å². The molecule has 3 heterocycles. The van der Waals surface area contributed by atoms with E-state index in [0.29, 0.717) is 29.7 Å². The van der Waals surface area contributed by atoms with Crippen LogP contribution >= 0.6 is 11.6 Å². The molecule has 2 aromatic heterocycles. The first kappa shape index (κ1) is 21.4. The number of hydrogen-bond acceptors (Lipinski definition) is 6. The zero-order valence-corrected chi connectivity index (χ0v) is 18.3. The Morgan fingerprint density at radius 1 is 1.28 bits per heavy atom. The highest BCUT2D eigenvalue weighted by atomic mass is 35.5. The summed E-state index contributed by atoms with van der Waals surface area (Å²) in [6.07, 6.45) is 1.92. The molecule has 2 N–H and O–H groups in total. The van der Waals surface area contributed by atoms with Gasteiger partial charge < -0.3 is 10.1 Å². The molecule has 0 saturated carbocycles. The number of fused-ring (bicyclic) bond motifs is 1. The van der Waals surface area contributed by atoms with Gasteiger partial charge in [-0.3, -0.25) is 0 Å². The second-order valence-electron chi connectivity index (χ2n) is 7.40. The molecule has 0 aliphatic carbocycles. The van der Waals surface area contributed by atoms with E-state index in [1.165, 1.54) is 10.9 Å². The number of aryl methyl sites for hydroxylation is 1. The summed E-state index contributed by atoms with van der Waals surface area (Å²) in [4.78, 5) is 16.7. The van der Waals surface area contributed by atoms with Gasteiger partial charge in [0.15, 0.2) is 4.90 Å². The molecule has 2 aromatic rings. The fourth-order valence-corrected chi connectivity index (χ4v) is 4.30. The maximum atomic E-state index is 12.7. The Kier molecular flexibility index (Phi) is 6.04. The SMILES string of the molecule is CC(C)c1cc(Cl)nc(C(C)C)c1NC(=O)NS(=O)(=O)c1cnn2c1OCCC2. The van der Waals surface area contributed by atoms with Gasteiger partial charge in [-0.1, -0.05) is 39.3 Å². The minimum Gasteiger partial charge on any atom is -0.477 e. The van der Waals surface area contributed by atoms with Gasteiger partial charge in [-0.15, -0.1) is 0 Å². The summed E-state index contributed by atoms with van der Waals surface area (Å²) in [5, 5.41) is 6.98. The third-order valence-corrected chi connectivity index (χ3v) is 5.99. The van der Waals surface area contributed by atoms with Crippen molar-refractivity contribution in [2.45, 2.75) is 57.4 Å². The molecule has 0 fully saturated rings. The van der Waals surface area contributed by atoms with E-state index in [9.17, 15) is 13.2 Å². The average molecular weight is 442 g/mol. The van der Waals surface area contributed by atoms with E-state index in [4.69, 9.17) is 16.3 Å². The van der Waals surface area contributed by atoms with Crippen LogP contribution in [0.15, 0.2) is 17.2 Å². The van der Waals surface area contributed by atoms with Crippen molar-refractivity contribution in [3.8, 4) is 5.88 Å². The highest BCUT2D eigenvalue weighted by Gasteiger charge is 2.29. The van der Waals surface area contributed by atoms with Gasteiger partial charge in [0, 0.05) is 13.0 Å². The molecular formula is C18H24ClN5O4S. The second-order valence-corrected chi connectivity index (χ2v) is 9.44. The predicted molar refractivity (Wildman–Crippen MR) is 109 cm³/mol. The minimum absolute atomic E-state index is 0.0331. The van der Waals surface area contributed by atoms with Crippen LogP contribution in [0.25, 0.3) is 0 Å². The summed E-state index contributed by atoms with van der Waals surface area (Å²) in [5.74, 6) is 0.139. The normalized spacial score (nSPS) is 13.9. The molecule has 1 aliphatic rings. The molecule has 3 rings (SSSR count). The van der Waals surface area contributed by atoms with Crippen LogP contribution in [0.4, 0.5) is 10.5 Å². The molecular weight excluding hydrogens is 418 g/mol. The Bertz CT molecular complexity index is 1000. The zero-order valence-electron chi connectivity index (χ0n) is 16.7. The molecule has 0 spiro atoms. The first-order valence-electron chi connectivity index (χ1n) is 9.33. The van der Waals surface area contributed by atoms with Crippen LogP contribution in [0.2, 0.25) is 5.15 Å². The van der Waals surface area contributed by atoms with Gasteiger partial charge >= 0.3 is 6.03 Å². The molecule has 0 atom stereocenters. The molecule has 29 heavy (non-hydrogen) atoms. The van der Waals surface area contributed by atoms with Crippen molar-refractivity contribution >= 4 is 33.3 Å². The van der Waals surface area contributed by atoms with Crippen molar-refractivity contribution < 1.29 is 17.9 Å². The zero-order chi connectivity index (χ0) is 21.3. The number of carbonyl (C=O) groups is 1. The number of pyridine rings is 1. The summed E-state index contributed by atoms with van der Waals surface area (Å²) in [5.41, 5.74) is 1.81. The van der Waals surface area contributed by atoms with Gasteiger partial charge in [0.05, 0.1) is 24.2 Å². The number of sulfonamides is 1. The molecule has 9 nitrogen and oxygen atoms in total. The quantitative estimate of drug-likeness (QED) is 0.686. The summed E-state index contributed by atoms with van der Waals surface area (Å²) >= 11 is 6.13. The summed E-state index contributed by atoms with van der Waals surface area (Å²) in [6, 6.07) is 0.776. The lowest BCUT2D eigenvalue weighted by atomic mass is 9.97. The predicted octanol–water partition coefficient (Wildman–Crippen LogP) is 3.47. The molecule has 0 unspecified atom stereocenters. The van der Waals surface area contributed by atoms with E-state index in [-0.39, 0.29) is 22.6 Å². The topological polar surface area (TPSA) is 115 Å². The number of hydrogen-bond donors (Lipinski definition) is 2. The van der Waals surface area contributed by atoms with Gasteiger partial charge in [-0.05, 0) is 23.5 Å². The third kappa shape index (κ3) is 4.48. The largest absolute Gasteiger partial charge is 0.477 e. The number of anilines is 1. The van der Waals surface area contributed by atoms with Crippen molar-refractivity contribution in [2.75, 3.05) is 11.9 Å². The Morgan fingerprint density at radius 3 is 2.66 bits per heavy atom.